The van der Waals surface area contributed by atoms with E-state index >= 15 is 0 Å². The van der Waals surface area contributed by atoms with E-state index in [0.29, 0.717) is 24.9 Å². The molecule has 0 radical (unpaired) electrons. The first-order chi connectivity index (χ1) is 10.6. The van der Waals surface area contributed by atoms with E-state index in [1.807, 2.05) is 11.0 Å². The van der Waals surface area contributed by atoms with Gasteiger partial charge in [-0.2, -0.15) is 0 Å². The van der Waals surface area contributed by atoms with Crippen molar-refractivity contribution in [3.63, 3.8) is 0 Å². The number of rotatable bonds is 4. The van der Waals surface area contributed by atoms with Crippen LogP contribution in [0.15, 0.2) is 24.3 Å². The molecule has 2 atom stereocenters. The van der Waals surface area contributed by atoms with Gasteiger partial charge in [0.25, 0.3) is 5.69 Å². The maximum atomic E-state index is 12.4. The van der Waals surface area contributed by atoms with Crippen molar-refractivity contribution in [2.45, 2.75) is 44.2 Å². The summed E-state index contributed by atoms with van der Waals surface area (Å²) in [6.07, 6.45) is 4.37. The van der Waals surface area contributed by atoms with Crippen LogP contribution in [0.3, 0.4) is 0 Å². The van der Waals surface area contributed by atoms with E-state index in [2.05, 4.69) is 5.32 Å². The molecule has 1 N–H and O–H groups in total. The van der Waals surface area contributed by atoms with Crippen LogP contribution >= 0.6 is 0 Å². The molecule has 0 aliphatic carbocycles. The van der Waals surface area contributed by atoms with Crippen LogP contribution in [0.5, 0.6) is 0 Å². The molecule has 1 amide bonds. The van der Waals surface area contributed by atoms with Gasteiger partial charge in [-0.25, -0.2) is 0 Å². The maximum absolute atomic E-state index is 12.4. The number of fused-ring (bicyclic) bond motifs is 2. The first-order valence-corrected chi connectivity index (χ1v) is 7.89. The number of carbonyl (C=O) groups excluding carboxylic acids is 1. The second kappa shape index (κ2) is 6.44. The summed E-state index contributed by atoms with van der Waals surface area (Å²) in [7, 11) is 0. The number of aryl methyl sites for hydroxylation is 1. The topological polar surface area (TPSA) is 75.5 Å². The van der Waals surface area contributed by atoms with Crippen molar-refractivity contribution in [3.8, 4) is 0 Å². The molecule has 3 rings (SSSR count). The number of carbonyl (C=O) groups is 1. The zero-order valence-corrected chi connectivity index (χ0v) is 12.5. The molecule has 6 heteroatoms. The lowest BCUT2D eigenvalue weighted by molar-refractivity contribution is -0.384. The van der Waals surface area contributed by atoms with Crippen LogP contribution in [0.4, 0.5) is 5.69 Å². The highest BCUT2D eigenvalue weighted by Crippen LogP contribution is 2.21. The minimum absolute atomic E-state index is 0.0845. The summed E-state index contributed by atoms with van der Waals surface area (Å²) >= 11 is 0. The quantitative estimate of drug-likeness (QED) is 0.680. The number of hydrogen-bond donors (Lipinski definition) is 1. The molecule has 2 bridgehead atoms. The van der Waals surface area contributed by atoms with Crippen LogP contribution in [-0.2, 0) is 11.2 Å². The molecule has 0 saturated carbocycles. The van der Waals surface area contributed by atoms with Crippen molar-refractivity contribution < 1.29 is 9.72 Å². The number of nitro benzene ring substituents is 1. The standard InChI is InChI=1S/C16H21N3O3/c20-16(18-9-8-13-5-6-14(11-18)17-13)7-4-12-2-1-3-15(10-12)19(21)22/h1-3,10,13-14,17H,4-9,11H2. The molecule has 118 valence electrons. The normalized spacial score (nSPS) is 24.1. The molecule has 0 spiro atoms. The van der Waals surface area contributed by atoms with E-state index in [1.54, 1.807) is 12.1 Å². The summed E-state index contributed by atoms with van der Waals surface area (Å²) in [5.74, 6) is 0.154. The summed E-state index contributed by atoms with van der Waals surface area (Å²) in [5.41, 5.74) is 0.929. The smallest absolute Gasteiger partial charge is 0.269 e. The van der Waals surface area contributed by atoms with E-state index < -0.39 is 4.92 Å². The van der Waals surface area contributed by atoms with Gasteiger partial charge in [0.1, 0.15) is 0 Å². The molecule has 1 aromatic rings. The largest absolute Gasteiger partial charge is 0.341 e. The number of amides is 1. The zero-order chi connectivity index (χ0) is 15.5. The number of hydrogen-bond acceptors (Lipinski definition) is 4. The van der Waals surface area contributed by atoms with E-state index in [1.165, 1.54) is 12.5 Å². The Morgan fingerprint density at radius 3 is 2.95 bits per heavy atom. The molecule has 2 aliphatic rings. The van der Waals surface area contributed by atoms with Crippen molar-refractivity contribution >= 4 is 11.6 Å². The molecular weight excluding hydrogens is 282 g/mol. The van der Waals surface area contributed by atoms with Crippen LogP contribution in [0, 0.1) is 10.1 Å². The molecular formula is C16H21N3O3. The third kappa shape index (κ3) is 3.44. The fourth-order valence-corrected chi connectivity index (χ4v) is 3.40. The van der Waals surface area contributed by atoms with E-state index in [-0.39, 0.29) is 11.6 Å². The van der Waals surface area contributed by atoms with Crippen LogP contribution < -0.4 is 5.32 Å². The van der Waals surface area contributed by atoms with Crippen LogP contribution in [-0.4, -0.2) is 40.9 Å². The van der Waals surface area contributed by atoms with Crippen molar-refractivity contribution in [2.24, 2.45) is 0 Å². The van der Waals surface area contributed by atoms with Gasteiger partial charge in [-0.05, 0) is 31.2 Å². The van der Waals surface area contributed by atoms with Gasteiger partial charge >= 0.3 is 0 Å². The van der Waals surface area contributed by atoms with E-state index in [4.69, 9.17) is 0 Å². The predicted molar refractivity (Wildman–Crippen MR) is 82.6 cm³/mol. The highest BCUT2D eigenvalue weighted by molar-refractivity contribution is 5.76. The molecule has 22 heavy (non-hydrogen) atoms. The predicted octanol–water partition coefficient (Wildman–Crippen LogP) is 1.88. The SMILES string of the molecule is O=C(CCc1cccc([N+](=O)[O-])c1)N1CCC2CCC(C1)N2. The third-order valence-corrected chi connectivity index (χ3v) is 4.62. The van der Waals surface area contributed by atoms with Gasteiger partial charge in [0, 0.05) is 43.7 Å². The molecule has 0 aromatic heterocycles. The van der Waals surface area contributed by atoms with Crippen molar-refractivity contribution in [1.82, 2.24) is 10.2 Å². The maximum Gasteiger partial charge on any atom is 0.269 e. The van der Waals surface area contributed by atoms with Crippen LogP contribution in [0.1, 0.15) is 31.2 Å². The number of likely N-dealkylation sites (tertiary alicyclic amines) is 1. The number of benzene rings is 1. The highest BCUT2D eigenvalue weighted by Gasteiger charge is 2.30. The monoisotopic (exact) mass is 303 g/mol. The number of nitro groups is 1. The number of nitrogens with zero attached hydrogens (tertiary/aromatic N) is 2. The average Bonchev–Trinajstić information content (AvgIpc) is 2.84. The lowest BCUT2D eigenvalue weighted by Crippen LogP contribution is -2.39. The summed E-state index contributed by atoms with van der Waals surface area (Å²) in [6.45, 7) is 1.62. The molecule has 2 aliphatic heterocycles. The number of nitrogens with one attached hydrogen (secondary N) is 1. The van der Waals surface area contributed by atoms with Crippen molar-refractivity contribution in [3.05, 3.63) is 39.9 Å². The van der Waals surface area contributed by atoms with Gasteiger partial charge in [-0.1, -0.05) is 12.1 Å². The van der Waals surface area contributed by atoms with Gasteiger partial charge in [0.15, 0.2) is 0 Å². The van der Waals surface area contributed by atoms with Gasteiger partial charge in [-0.15, -0.1) is 0 Å². The Labute approximate surface area is 129 Å². The Morgan fingerprint density at radius 1 is 1.32 bits per heavy atom. The summed E-state index contributed by atoms with van der Waals surface area (Å²) in [4.78, 5) is 24.7. The van der Waals surface area contributed by atoms with E-state index in [0.717, 1.165) is 31.5 Å². The van der Waals surface area contributed by atoms with Crippen LogP contribution in [0.2, 0.25) is 0 Å². The first-order valence-electron chi connectivity index (χ1n) is 7.89. The molecule has 2 heterocycles. The molecule has 2 saturated heterocycles. The highest BCUT2D eigenvalue weighted by atomic mass is 16.6. The summed E-state index contributed by atoms with van der Waals surface area (Å²) in [6, 6.07) is 7.55. The van der Waals surface area contributed by atoms with Crippen molar-refractivity contribution in [1.29, 1.82) is 0 Å². The zero-order valence-electron chi connectivity index (χ0n) is 12.5. The average molecular weight is 303 g/mol. The summed E-state index contributed by atoms with van der Waals surface area (Å²) < 4.78 is 0. The Bertz CT molecular complexity index is 576. The molecule has 1 aromatic carbocycles. The number of non-ortho nitro benzene ring substituents is 1. The van der Waals surface area contributed by atoms with Gasteiger partial charge in [0.2, 0.25) is 5.91 Å². The minimum atomic E-state index is -0.400. The lowest BCUT2D eigenvalue weighted by atomic mass is 10.1. The van der Waals surface area contributed by atoms with Crippen LogP contribution in [0.25, 0.3) is 0 Å². The molecule has 2 unspecified atom stereocenters. The fraction of sp³-hybridized carbons (Fsp3) is 0.562. The second-order valence-electron chi connectivity index (χ2n) is 6.19. The Morgan fingerprint density at radius 2 is 2.14 bits per heavy atom. The lowest BCUT2D eigenvalue weighted by Gasteiger charge is -2.24. The van der Waals surface area contributed by atoms with Crippen molar-refractivity contribution in [2.75, 3.05) is 13.1 Å². The molecule has 6 nitrogen and oxygen atoms in total. The Hall–Kier alpha value is -1.95. The van der Waals surface area contributed by atoms with Gasteiger partial charge in [0.05, 0.1) is 4.92 Å². The van der Waals surface area contributed by atoms with Gasteiger partial charge < -0.3 is 10.2 Å². The third-order valence-electron chi connectivity index (χ3n) is 4.62. The first kappa shape index (κ1) is 15.0. The Kier molecular flexibility index (Phi) is 4.38. The van der Waals surface area contributed by atoms with E-state index in [9.17, 15) is 14.9 Å². The fourth-order valence-electron chi connectivity index (χ4n) is 3.40. The molecule has 2 fully saturated rings. The summed E-state index contributed by atoms with van der Waals surface area (Å²) in [5, 5.41) is 14.3. The van der Waals surface area contributed by atoms with Gasteiger partial charge in [-0.3, -0.25) is 14.9 Å². The Balaban J connectivity index is 1.55. The minimum Gasteiger partial charge on any atom is -0.341 e. The second-order valence-corrected chi connectivity index (χ2v) is 6.19.